The normalized spacial score (nSPS) is 10.4. The number of oxazole rings is 1. The fourth-order valence-electron chi connectivity index (χ4n) is 2.11. The van der Waals surface area contributed by atoms with Crippen molar-refractivity contribution in [2.75, 3.05) is 10.6 Å². The minimum atomic E-state index is -0.167. The smallest absolute Gasteiger partial charge is 0.302 e. The van der Waals surface area contributed by atoms with Crippen LogP contribution in [0.4, 0.5) is 11.7 Å². The van der Waals surface area contributed by atoms with E-state index in [0.717, 1.165) is 19.3 Å². The van der Waals surface area contributed by atoms with Gasteiger partial charge in [0.25, 0.3) is 0 Å². The van der Waals surface area contributed by atoms with Gasteiger partial charge in [0.15, 0.2) is 10.7 Å². The predicted molar refractivity (Wildman–Crippen MR) is 96.8 cm³/mol. The molecule has 0 bridgehead atoms. The molecule has 0 fully saturated rings. The molecule has 0 aliphatic rings. The van der Waals surface area contributed by atoms with Crippen LogP contribution in [0.2, 0.25) is 0 Å². The van der Waals surface area contributed by atoms with Gasteiger partial charge in [0.1, 0.15) is 5.52 Å². The zero-order valence-corrected chi connectivity index (χ0v) is 14.5. The lowest BCUT2D eigenvalue weighted by atomic mass is 10.2. The van der Waals surface area contributed by atoms with Gasteiger partial charge in [-0.05, 0) is 30.8 Å². The van der Waals surface area contributed by atoms with E-state index in [1.54, 1.807) is 18.2 Å². The largest absolute Gasteiger partial charge is 0.423 e. The molecule has 0 unspecified atom stereocenters. The number of aromatic nitrogens is 1. The SMILES string of the molecule is CCCCCC(=O)NC(=S)Nc1nc2ccc(NC(C)=O)cc2o1. The summed E-state index contributed by atoms with van der Waals surface area (Å²) in [6, 6.07) is 5.30. The van der Waals surface area contributed by atoms with Gasteiger partial charge in [-0.25, -0.2) is 0 Å². The van der Waals surface area contributed by atoms with E-state index in [2.05, 4.69) is 27.9 Å². The van der Waals surface area contributed by atoms with Crippen LogP contribution in [0.3, 0.4) is 0 Å². The molecule has 1 heterocycles. The summed E-state index contributed by atoms with van der Waals surface area (Å²) >= 11 is 5.08. The van der Waals surface area contributed by atoms with Crippen LogP contribution in [0.5, 0.6) is 0 Å². The first-order valence-electron chi connectivity index (χ1n) is 7.77. The Labute approximate surface area is 145 Å². The van der Waals surface area contributed by atoms with Gasteiger partial charge >= 0.3 is 6.01 Å². The number of anilines is 2. The Kier molecular flexibility index (Phi) is 6.25. The molecular weight excluding hydrogens is 328 g/mol. The van der Waals surface area contributed by atoms with E-state index in [1.165, 1.54) is 6.92 Å². The van der Waals surface area contributed by atoms with Crippen LogP contribution in [0.1, 0.15) is 39.5 Å². The topological polar surface area (TPSA) is 96.3 Å². The van der Waals surface area contributed by atoms with E-state index in [0.29, 0.717) is 23.2 Å². The fraction of sp³-hybridized carbons (Fsp3) is 0.375. The van der Waals surface area contributed by atoms with E-state index < -0.39 is 0 Å². The summed E-state index contributed by atoms with van der Waals surface area (Å²) in [5.41, 5.74) is 1.73. The second-order valence-electron chi connectivity index (χ2n) is 5.34. The number of fused-ring (bicyclic) bond motifs is 1. The van der Waals surface area contributed by atoms with Crippen LogP contribution in [0.15, 0.2) is 22.6 Å². The summed E-state index contributed by atoms with van der Waals surface area (Å²) in [4.78, 5) is 27.0. The van der Waals surface area contributed by atoms with Crippen molar-refractivity contribution in [3.8, 4) is 0 Å². The maximum Gasteiger partial charge on any atom is 0.302 e. The van der Waals surface area contributed by atoms with Gasteiger partial charge < -0.3 is 15.1 Å². The van der Waals surface area contributed by atoms with Crippen molar-refractivity contribution in [3.63, 3.8) is 0 Å². The molecule has 2 aromatic rings. The van der Waals surface area contributed by atoms with Crippen LogP contribution >= 0.6 is 12.2 Å². The van der Waals surface area contributed by atoms with Gasteiger partial charge in [-0.15, -0.1) is 0 Å². The third kappa shape index (κ3) is 5.31. The van der Waals surface area contributed by atoms with Crippen LogP contribution in [0.25, 0.3) is 11.1 Å². The highest BCUT2D eigenvalue weighted by atomic mass is 32.1. The van der Waals surface area contributed by atoms with Crippen LogP contribution < -0.4 is 16.0 Å². The first kappa shape index (κ1) is 17.9. The third-order valence-electron chi connectivity index (χ3n) is 3.19. The molecule has 0 saturated carbocycles. The summed E-state index contributed by atoms with van der Waals surface area (Å²) in [6.07, 6.45) is 3.33. The first-order valence-corrected chi connectivity index (χ1v) is 8.17. The van der Waals surface area contributed by atoms with Crippen molar-refractivity contribution in [2.45, 2.75) is 39.5 Å². The second kappa shape index (κ2) is 8.39. The van der Waals surface area contributed by atoms with Gasteiger partial charge in [0, 0.05) is 25.1 Å². The van der Waals surface area contributed by atoms with E-state index in [-0.39, 0.29) is 22.9 Å². The molecule has 1 aromatic carbocycles. The molecule has 1 aromatic heterocycles. The summed E-state index contributed by atoms with van der Waals surface area (Å²) in [7, 11) is 0. The number of carbonyl (C=O) groups is 2. The highest BCUT2D eigenvalue weighted by Gasteiger charge is 2.10. The average molecular weight is 348 g/mol. The molecule has 0 radical (unpaired) electrons. The van der Waals surface area contributed by atoms with Gasteiger partial charge in [-0.1, -0.05) is 19.8 Å². The first-order chi connectivity index (χ1) is 11.5. The summed E-state index contributed by atoms with van der Waals surface area (Å²) < 4.78 is 5.53. The van der Waals surface area contributed by atoms with Crippen molar-refractivity contribution in [3.05, 3.63) is 18.2 Å². The zero-order chi connectivity index (χ0) is 17.5. The number of rotatable bonds is 6. The average Bonchev–Trinajstić information content (AvgIpc) is 2.87. The lowest BCUT2D eigenvalue weighted by Gasteiger charge is -2.05. The number of hydrogen-bond acceptors (Lipinski definition) is 5. The van der Waals surface area contributed by atoms with Crippen LogP contribution in [0, 0.1) is 0 Å². The Morgan fingerprint density at radius 2 is 2.04 bits per heavy atom. The van der Waals surface area contributed by atoms with Crippen molar-refractivity contribution >= 4 is 51.9 Å². The molecule has 24 heavy (non-hydrogen) atoms. The fourth-order valence-corrected chi connectivity index (χ4v) is 2.31. The monoisotopic (exact) mass is 348 g/mol. The molecule has 2 rings (SSSR count). The highest BCUT2D eigenvalue weighted by Crippen LogP contribution is 2.22. The lowest BCUT2D eigenvalue weighted by Crippen LogP contribution is -2.33. The Hall–Kier alpha value is -2.48. The van der Waals surface area contributed by atoms with Gasteiger partial charge in [0.05, 0.1) is 0 Å². The number of amides is 2. The number of nitrogens with zero attached hydrogens (tertiary/aromatic N) is 1. The quantitative estimate of drug-likeness (QED) is 0.548. The molecule has 7 nitrogen and oxygen atoms in total. The minimum absolute atomic E-state index is 0.134. The van der Waals surface area contributed by atoms with Gasteiger partial charge in [0.2, 0.25) is 11.8 Å². The van der Waals surface area contributed by atoms with Crippen molar-refractivity contribution in [1.82, 2.24) is 10.3 Å². The molecule has 0 aliphatic carbocycles. The zero-order valence-electron chi connectivity index (χ0n) is 13.6. The summed E-state index contributed by atoms with van der Waals surface area (Å²) in [5, 5.41) is 8.15. The van der Waals surface area contributed by atoms with Crippen LogP contribution in [-0.2, 0) is 9.59 Å². The number of nitrogens with one attached hydrogen (secondary N) is 3. The number of carbonyl (C=O) groups excluding carboxylic acids is 2. The Morgan fingerprint density at radius 1 is 1.25 bits per heavy atom. The predicted octanol–water partition coefficient (Wildman–Crippen LogP) is 3.18. The second-order valence-corrected chi connectivity index (χ2v) is 5.75. The van der Waals surface area contributed by atoms with Gasteiger partial charge in [-0.2, -0.15) is 4.98 Å². The van der Waals surface area contributed by atoms with Crippen LogP contribution in [-0.4, -0.2) is 21.9 Å². The highest BCUT2D eigenvalue weighted by molar-refractivity contribution is 7.80. The number of thiocarbonyl (C=S) groups is 1. The Morgan fingerprint density at radius 3 is 2.75 bits per heavy atom. The van der Waals surface area contributed by atoms with Crippen molar-refractivity contribution < 1.29 is 14.0 Å². The number of hydrogen-bond donors (Lipinski definition) is 3. The molecule has 2 amide bonds. The van der Waals surface area contributed by atoms with Crippen molar-refractivity contribution in [2.24, 2.45) is 0 Å². The number of benzene rings is 1. The van der Waals surface area contributed by atoms with Gasteiger partial charge in [-0.3, -0.25) is 14.9 Å². The van der Waals surface area contributed by atoms with E-state index in [9.17, 15) is 9.59 Å². The standard InChI is InChI=1S/C16H20N4O3S/c1-3-4-5-6-14(22)19-16(24)20-15-18-12-8-7-11(17-10(2)21)9-13(12)23-15/h7-9H,3-6H2,1-2H3,(H,17,21)(H2,18,19,20,22,24). The molecule has 0 aliphatic heterocycles. The summed E-state index contributed by atoms with van der Waals surface area (Å²) in [5.74, 6) is -0.302. The minimum Gasteiger partial charge on any atom is -0.423 e. The molecule has 0 spiro atoms. The Balaban J connectivity index is 1.95. The lowest BCUT2D eigenvalue weighted by molar-refractivity contribution is -0.119. The molecule has 0 saturated heterocycles. The van der Waals surface area contributed by atoms with E-state index in [4.69, 9.17) is 16.6 Å². The molecule has 0 atom stereocenters. The number of unbranched alkanes of at least 4 members (excludes halogenated alkanes) is 2. The van der Waals surface area contributed by atoms with E-state index in [1.807, 2.05) is 0 Å². The third-order valence-corrected chi connectivity index (χ3v) is 3.39. The van der Waals surface area contributed by atoms with E-state index >= 15 is 0 Å². The maximum atomic E-state index is 11.7. The summed E-state index contributed by atoms with van der Waals surface area (Å²) in [6.45, 7) is 3.51. The molecule has 8 heteroatoms. The Bertz CT molecular complexity index is 757. The molecular formula is C16H20N4O3S. The molecule has 3 N–H and O–H groups in total. The molecule has 128 valence electrons. The maximum absolute atomic E-state index is 11.7. The van der Waals surface area contributed by atoms with Crippen molar-refractivity contribution in [1.29, 1.82) is 0 Å².